The number of nitrogens with one attached hydrogen (secondary N) is 2. The second-order valence-corrected chi connectivity index (χ2v) is 6.47. The first-order valence-electron chi connectivity index (χ1n) is 8.85. The molecule has 0 aliphatic heterocycles. The van der Waals surface area contributed by atoms with Crippen molar-refractivity contribution in [1.82, 2.24) is 9.97 Å². The van der Waals surface area contributed by atoms with Crippen LogP contribution in [0.4, 0.5) is 21.6 Å². The van der Waals surface area contributed by atoms with Crippen LogP contribution in [-0.2, 0) is 0 Å². The normalized spacial score (nSPS) is 10.6. The Balaban J connectivity index is 1.74. The zero-order valence-electron chi connectivity index (χ0n) is 15.9. The summed E-state index contributed by atoms with van der Waals surface area (Å²) in [5.74, 6) is 0.821. The van der Waals surface area contributed by atoms with Gasteiger partial charge < -0.3 is 15.4 Å². The lowest BCUT2D eigenvalue weighted by atomic mass is 10.2. The molecule has 0 unspecified atom stereocenters. The average Bonchev–Trinajstić information content (AvgIpc) is 2.62. The number of hydrogen-bond acceptors (Lipinski definition) is 5. The third-order valence-corrected chi connectivity index (χ3v) is 3.65. The number of aryl methyl sites for hydroxylation is 1. The Morgan fingerprint density at radius 2 is 1.79 bits per heavy atom. The number of aromatic nitrogens is 2. The van der Waals surface area contributed by atoms with Gasteiger partial charge in [0.05, 0.1) is 6.10 Å². The molecule has 0 aliphatic carbocycles. The molecular weight excluding hydrogens is 359 g/mol. The van der Waals surface area contributed by atoms with Crippen molar-refractivity contribution in [2.24, 2.45) is 0 Å². The Morgan fingerprint density at radius 1 is 1.04 bits per heavy atom. The van der Waals surface area contributed by atoms with E-state index in [9.17, 15) is 9.18 Å². The number of nitrogens with zero attached hydrogens (tertiary/aromatic N) is 2. The van der Waals surface area contributed by atoms with E-state index in [4.69, 9.17) is 4.74 Å². The summed E-state index contributed by atoms with van der Waals surface area (Å²) < 4.78 is 18.9. The molecule has 7 heteroatoms. The van der Waals surface area contributed by atoms with Gasteiger partial charge in [-0.2, -0.15) is 0 Å². The van der Waals surface area contributed by atoms with E-state index in [1.165, 1.54) is 18.2 Å². The van der Waals surface area contributed by atoms with Crippen molar-refractivity contribution in [2.45, 2.75) is 26.9 Å². The highest BCUT2D eigenvalue weighted by Crippen LogP contribution is 2.20. The Morgan fingerprint density at radius 3 is 2.46 bits per heavy atom. The first-order valence-corrected chi connectivity index (χ1v) is 8.85. The third kappa shape index (κ3) is 5.26. The number of halogens is 1. The van der Waals surface area contributed by atoms with Crippen LogP contribution in [-0.4, -0.2) is 22.0 Å². The SMILES string of the molecule is Cc1nc(Nc2ccc(OC(C)C)cc2)cc(C(=O)Nc2cccc(F)c2)n1. The minimum atomic E-state index is -0.445. The number of rotatable bonds is 6. The standard InChI is InChI=1S/C21H21FN4O2/c1-13(2)28-18-9-7-16(8-10-18)25-20-12-19(23-14(3)24-20)21(27)26-17-6-4-5-15(22)11-17/h4-13H,1-3H3,(H,26,27)(H,23,24,25). The van der Waals surface area contributed by atoms with Gasteiger partial charge in [-0.3, -0.25) is 4.79 Å². The van der Waals surface area contributed by atoms with Gasteiger partial charge >= 0.3 is 0 Å². The largest absolute Gasteiger partial charge is 0.491 e. The van der Waals surface area contributed by atoms with E-state index in [0.29, 0.717) is 17.3 Å². The first kappa shape index (κ1) is 19.3. The lowest BCUT2D eigenvalue weighted by molar-refractivity contribution is 0.102. The monoisotopic (exact) mass is 380 g/mol. The maximum Gasteiger partial charge on any atom is 0.274 e. The summed E-state index contributed by atoms with van der Waals surface area (Å²) in [7, 11) is 0. The smallest absolute Gasteiger partial charge is 0.274 e. The van der Waals surface area contributed by atoms with Crippen molar-refractivity contribution in [1.29, 1.82) is 0 Å². The summed E-state index contributed by atoms with van der Waals surface area (Å²) in [6.45, 7) is 5.63. The maximum atomic E-state index is 13.3. The zero-order chi connectivity index (χ0) is 20.1. The van der Waals surface area contributed by atoms with E-state index in [1.807, 2.05) is 38.1 Å². The summed E-state index contributed by atoms with van der Waals surface area (Å²) >= 11 is 0. The van der Waals surface area contributed by atoms with Crippen LogP contribution < -0.4 is 15.4 Å². The summed E-state index contributed by atoms with van der Waals surface area (Å²) in [6, 6.07) is 14.7. The lowest BCUT2D eigenvalue weighted by Crippen LogP contribution is -2.15. The molecule has 0 saturated carbocycles. The molecule has 2 aromatic carbocycles. The van der Waals surface area contributed by atoms with Gasteiger partial charge in [0.2, 0.25) is 0 Å². The van der Waals surface area contributed by atoms with Crippen LogP contribution in [0.5, 0.6) is 5.75 Å². The second-order valence-electron chi connectivity index (χ2n) is 6.47. The van der Waals surface area contributed by atoms with Crippen LogP contribution in [0.15, 0.2) is 54.6 Å². The van der Waals surface area contributed by atoms with E-state index < -0.39 is 11.7 Å². The molecule has 2 N–H and O–H groups in total. The van der Waals surface area contributed by atoms with E-state index in [1.54, 1.807) is 19.1 Å². The summed E-state index contributed by atoms with van der Waals surface area (Å²) in [4.78, 5) is 20.9. The summed E-state index contributed by atoms with van der Waals surface area (Å²) in [5.41, 5.74) is 1.33. The van der Waals surface area contributed by atoms with Gasteiger partial charge in [0.15, 0.2) is 0 Å². The van der Waals surface area contributed by atoms with Crippen LogP contribution in [0, 0.1) is 12.7 Å². The highest BCUT2D eigenvalue weighted by Gasteiger charge is 2.12. The predicted molar refractivity (Wildman–Crippen MR) is 107 cm³/mol. The van der Waals surface area contributed by atoms with Gasteiger partial charge in [-0.05, 0) is 63.2 Å². The molecule has 3 rings (SSSR count). The van der Waals surface area contributed by atoms with Crippen LogP contribution in [0.25, 0.3) is 0 Å². The van der Waals surface area contributed by atoms with Crippen molar-refractivity contribution in [3.63, 3.8) is 0 Å². The van der Waals surface area contributed by atoms with E-state index in [2.05, 4.69) is 20.6 Å². The number of amides is 1. The molecule has 0 atom stereocenters. The van der Waals surface area contributed by atoms with E-state index in [0.717, 1.165) is 11.4 Å². The van der Waals surface area contributed by atoms with Crippen molar-refractivity contribution < 1.29 is 13.9 Å². The molecule has 0 bridgehead atoms. The Kier molecular flexibility index (Phi) is 5.84. The number of hydrogen-bond donors (Lipinski definition) is 2. The van der Waals surface area contributed by atoms with Crippen molar-refractivity contribution >= 4 is 23.1 Å². The second kappa shape index (κ2) is 8.47. The van der Waals surface area contributed by atoms with Crippen LogP contribution in [0.1, 0.15) is 30.2 Å². The lowest BCUT2D eigenvalue weighted by Gasteiger charge is -2.12. The molecule has 0 fully saturated rings. The Hall–Kier alpha value is -3.48. The Labute approximate surface area is 162 Å². The van der Waals surface area contributed by atoms with Gasteiger partial charge in [0.1, 0.15) is 28.9 Å². The molecule has 6 nitrogen and oxygen atoms in total. The Bertz CT molecular complexity index is 974. The molecule has 1 heterocycles. The average molecular weight is 380 g/mol. The molecule has 1 amide bonds. The van der Waals surface area contributed by atoms with Gasteiger partial charge in [-0.25, -0.2) is 14.4 Å². The molecule has 0 aliphatic rings. The fourth-order valence-corrected chi connectivity index (χ4v) is 2.55. The van der Waals surface area contributed by atoms with Crippen molar-refractivity contribution in [3.05, 3.63) is 71.9 Å². The number of carbonyl (C=O) groups is 1. The van der Waals surface area contributed by atoms with Gasteiger partial charge in [-0.1, -0.05) is 6.07 Å². The molecule has 3 aromatic rings. The highest BCUT2D eigenvalue weighted by atomic mass is 19.1. The number of carbonyl (C=O) groups excluding carboxylic acids is 1. The fourth-order valence-electron chi connectivity index (χ4n) is 2.55. The minimum absolute atomic E-state index is 0.0995. The topological polar surface area (TPSA) is 76.1 Å². The molecule has 144 valence electrons. The zero-order valence-corrected chi connectivity index (χ0v) is 15.9. The van der Waals surface area contributed by atoms with Gasteiger partial charge in [0, 0.05) is 17.4 Å². The molecule has 0 radical (unpaired) electrons. The van der Waals surface area contributed by atoms with Gasteiger partial charge in [0.25, 0.3) is 5.91 Å². The first-order chi connectivity index (χ1) is 13.4. The number of benzene rings is 2. The fraction of sp³-hybridized carbons (Fsp3) is 0.190. The van der Waals surface area contributed by atoms with Crippen molar-refractivity contribution in [2.75, 3.05) is 10.6 Å². The maximum absolute atomic E-state index is 13.3. The molecule has 28 heavy (non-hydrogen) atoms. The van der Waals surface area contributed by atoms with E-state index >= 15 is 0 Å². The molecular formula is C21H21FN4O2. The van der Waals surface area contributed by atoms with E-state index in [-0.39, 0.29) is 11.8 Å². The predicted octanol–water partition coefficient (Wildman–Crippen LogP) is 4.71. The van der Waals surface area contributed by atoms with Crippen molar-refractivity contribution in [3.8, 4) is 5.75 Å². The minimum Gasteiger partial charge on any atom is -0.491 e. The molecule has 1 aromatic heterocycles. The highest BCUT2D eigenvalue weighted by molar-refractivity contribution is 6.03. The van der Waals surface area contributed by atoms with Crippen LogP contribution in [0.2, 0.25) is 0 Å². The quantitative estimate of drug-likeness (QED) is 0.648. The third-order valence-electron chi connectivity index (χ3n) is 3.65. The van der Waals surface area contributed by atoms with Crippen LogP contribution in [0.3, 0.4) is 0 Å². The summed E-state index contributed by atoms with van der Waals surface area (Å²) in [6.07, 6.45) is 0.0995. The molecule has 0 saturated heterocycles. The van der Waals surface area contributed by atoms with Crippen LogP contribution >= 0.6 is 0 Å². The number of anilines is 3. The number of ether oxygens (including phenoxy) is 1. The van der Waals surface area contributed by atoms with Gasteiger partial charge in [-0.15, -0.1) is 0 Å². The summed E-state index contributed by atoms with van der Waals surface area (Å²) in [5, 5.41) is 5.78. The molecule has 0 spiro atoms.